The van der Waals surface area contributed by atoms with E-state index in [4.69, 9.17) is 5.26 Å². The molecule has 0 aliphatic rings. The van der Waals surface area contributed by atoms with Gasteiger partial charge in [-0.2, -0.15) is 10.4 Å². The van der Waals surface area contributed by atoms with Crippen molar-refractivity contribution in [1.82, 2.24) is 14.3 Å². The van der Waals surface area contributed by atoms with E-state index in [1.54, 1.807) is 33.6 Å². The number of halogens is 1. The van der Waals surface area contributed by atoms with Crippen molar-refractivity contribution >= 4 is 16.9 Å². The summed E-state index contributed by atoms with van der Waals surface area (Å²) in [4.78, 5) is 23.8. The smallest absolute Gasteiger partial charge is 0.341 e. The van der Waals surface area contributed by atoms with Crippen LogP contribution in [0.4, 0.5) is 4.39 Å². The highest BCUT2D eigenvalue weighted by Crippen LogP contribution is 2.18. The standard InChI is InChI=1S/C21H13FN4O3/c22-17-2-1-3-18-19(17)20(27)16(21(28)29)12-25(18)10-13-4-6-15(7-5-13)26-11-14(8-23)9-24-26/h1-7,9,11-12H,10H2,(H,28,29). The van der Waals surface area contributed by atoms with Gasteiger partial charge in [0.05, 0.1) is 28.4 Å². The summed E-state index contributed by atoms with van der Waals surface area (Å²) in [6.45, 7) is 0.239. The minimum absolute atomic E-state index is 0.239. The van der Waals surface area contributed by atoms with Crippen molar-refractivity contribution in [2.75, 3.05) is 0 Å². The third-order valence-electron chi connectivity index (χ3n) is 4.55. The monoisotopic (exact) mass is 388 g/mol. The molecule has 2 aromatic carbocycles. The minimum atomic E-state index is -1.41. The molecule has 0 saturated heterocycles. The third-order valence-corrected chi connectivity index (χ3v) is 4.55. The van der Waals surface area contributed by atoms with Gasteiger partial charge in [-0.05, 0) is 29.8 Å². The fourth-order valence-corrected chi connectivity index (χ4v) is 3.15. The molecule has 2 heterocycles. The topological polar surface area (TPSA) is 101 Å². The van der Waals surface area contributed by atoms with E-state index in [0.29, 0.717) is 11.1 Å². The molecule has 0 aliphatic heterocycles. The summed E-state index contributed by atoms with van der Waals surface area (Å²) in [5.41, 5.74) is 0.986. The molecule has 1 N–H and O–H groups in total. The van der Waals surface area contributed by atoms with Crippen LogP contribution < -0.4 is 5.43 Å². The van der Waals surface area contributed by atoms with Crippen LogP contribution in [0.2, 0.25) is 0 Å². The predicted molar refractivity (Wildman–Crippen MR) is 103 cm³/mol. The summed E-state index contributed by atoms with van der Waals surface area (Å²) in [5, 5.41) is 22.1. The number of carboxylic acid groups (broad SMARTS) is 1. The lowest BCUT2D eigenvalue weighted by atomic mass is 10.1. The van der Waals surface area contributed by atoms with Crippen LogP contribution in [0.15, 0.2) is 65.8 Å². The van der Waals surface area contributed by atoms with E-state index in [-0.39, 0.29) is 11.9 Å². The molecule has 142 valence electrons. The van der Waals surface area contributed by atoms with Crippen LogP contribution in [-0.2, 0) is 6.54 Å². The first-order valence-corrected chi connectivity index (χ1v) is 8.57. The number of fused-ring (bicyclic) bond motifs is 1. The zero-order valence-electron chi connectivity index (χ0n) is 14.9. The molecule has 4 rings (SSSR count). The van der Waals surface area contributed by atoms with Gasteiger partial charge in [0.1, 0.15) is 17.4 Å². The van der Waals surface area contributed by atoms with Gasteiger partial charge in [0, 0.05) is 18.9 Å². The maximum absolute atomic E-state index is 14.2. The predicted octanol–water partition coefficient (Wildman–Crippen LogP) is 2.94. The largest absolute Gasteiger partial charge is 0.477 e. The highest BCUT2D eigenvalue weighted by Gasteiger charge is 2.17. The molecule has 4 aromatic rings. The van der Waals surface area contributed by atoms with Crippen LogP contribution in [-0.4, -0.2) is 25.4 Å². The fourth-order valence-electron chi connectivity index (χ4n) is 3.15. The molecular formula is C21H13FN4O3. The van der Waals surface area contributed by atoms with Crippen LogP contribution in [0.5, 0.6) is 0 Å². The first-order valence-electron chi connectivity index (χ1n) is 8.57. The van der Waals surface area contributed by atoms with Gasteiger partial charge >= 0.3 is 5.97 Å². The number of nitrogens with zero attached hydrogens (tertiary/aromatic N) is 4. The Labute approximate surface area is 163 Å². The molecule has 8 heteroatoms. The van der Waals surface area contributed by atoms with Gasteiger partial charge in [-0.25, -0.2) is 13.9 Å². The highest BCUT2D eigenvalue weighted by atomic mass is 19.1. The van der Waals surface area contributed by atoms with Gasteiger partial charge in [0.25, 0.3) is 0 Å². The van der Waals surface area contributed by atoms with E-state index < -0.39 is 22.8 Å². The zero-order valence-corrected chi connectivity index (χ0v) is 14.9. The quantitative estimate of drug-likeness (QED) is 0.579. The molecule has 0 saturated carbocycles. The number of carboxylic acids is 1. The molecule has 2 aromatic heterocycles. The number of hydrogen-bond acceptors (Lipinski definition) is 4. The summed E-state index contributed by atoms with van der Waals surface area (Å²) in [5.74, 6) is -2.16. The van der Waals surface area contributed by atoms with E-state index in [1.165, 1.54) is 18.5 Å². The Kier molecular flexibility index (Phi) is 4.41. The number of hydrogen-bond donors (Lipinski definition) is 1. The van der Waals surface area contributed by atoms with Crippen molar-refractivity contribution in [2.24, 2.45) is 0 Å². The number of carbonyl (C=O) groups is 1. The Morgan fingerprint density at radius 1 is 1.17 bits per heavy atom. The number of pyridine rings is 1. The Hall–Kier alpha value is -4.25. The number of aromatic nitrogens is 3. The molecule has 0 aliphatic carbocycles. The maximum atomic E-state index is 14.2. The minimum Gasteiger partial charge on any atom is -0.477 e. The molecule has 0 unspecified atom stereocenters. The van der Waals surface area contributed by atoms with E-state index >= 15 is 0 Å². The highest BCUT2D eigenvalue weighted by molar-refractivity contribution is 5.92. The molecule has 0 spiro atoms. The van der Waals surface area contributed by atoms with E-state index in [1.807, 2.05) is 18.2 Å². The normalized spacial score (nSPS) is 10.8. The second-order valence-electron chi connectivity index (χ2n) is 6.39. The second kappa shape index (κ2) is 7.05. The number of rotatable bonds is 4. The Balaban J connectivity index is 1.75. The van der Waals surface area contributed by atoms with Crippen molar-refractivity contribution in [3.8, 4) is 11.8 Å². The molecule has 0 amide bonds. The molecule has 0 fully saturated rings. The Morgan fingerprint density at radius 3 is 2.59 bits per heavy atom. The van der Waals surface area contributed by atoms with Crippen molar-refractivity contribution in [1.29, 1.82) is 5.26 Å². The van der Waals surface area contributed by atoms with E-state index in [9.17, 15) is 19.1 Å². The molecule has 0 bridgehead atoms. The number of nitriles is 1. The van der Waals surface area contributed by atoms with Crippen molar-refractivity contribution in [2.45, 2.75) is 6.54 Å². The number of benzene rings is 2. The lowest BCUT2D eigenvalue weighted by molar-refractivity contribution is 0.0695. The van der Waals surface area contributed by atoms with Crippen LogP contribution in [0.1, 0.15) is 21.5 Å². The maximum Gasteiger partial charge on any atom is 0.341 e. The average molecular weight is 388 g/mol. The summed E-state index contributed by atoms with van der Waals surface area (Å²) < 4.78 is 17.3. The summed E-state index contributed by atoms with van der Waals surface area (Å²) in [7, 11) is 0. The number of aromatic carboxylic acids is 1. The summed E-state index contributed by atoms with van der Waals surface area (Å²) in [6, 6.07) is 13.4. The summed E-state index contributed by atoms with van der Waals surface area (Å²) in [6.07, 6.45) is 4.29. The van der Waals surface area contributed by atoms with Gasteiger partial charge in [0.2, 0.25) is 5.43 Å². The molecular weight excluding hydrogens is 375 g/mol. The van der Waals surface area contributed by atoms with Crippen molar-refractivity contribution in [3.63, 3.8) is 0 Å². The Bertz CT molecular complexity index is 1350. The van der Waals surface area contributed by atoms with Crippen LogP contribution in [0.25, 0.3) is 16.6 Å². The van der Waals surface area contributed by atoms with Crippen LogP contribution in [0.3, 0.4) is 0 Å². The van der Waals surface area contributed by atoms with Gasteiger partial charge in [0.15, 0.2) is 0 Å². The second-order valence-corrected chi connectivity index (χ2v) is 6.39. The SMILES string of the molecule is N#Cc1cnn(-c2ccc(Cn3cc(C(=O)O)c(=O)c4c(F)cccc43)cc2)c1. The van der Waals surface area contributed by atoms with Crippen molar-refractivity contribution < 1.29 is 14.3 Å². The lowest BCUT2D eigenvalue weighted by Crippen LogP contribution is -2.20. The molecule has 7 nitrogen and oxygen atoms in total. The lowest BCUT2D eigenvalue weighted by Gasteiger charge is -2.13. The average Bonchev–Trinajstić information content (AvgIpc) is 3.19. The molecule has 29 heavy (non-hydrogen) atoms. The molecule has 0 atom stereocenters. The van der Waals surface area contributed by atoms with Crippen LogP contribution >= 0.6 is 0 Å². The first-order chi connectivity index (χ1) is 14.0. The van der Waals surface area contributed by atoms with E-state index in [2.05, 4.69) is 5.10 Å². The zero-order chi connectivity index (χ0) is 20.5. The Morgan fingerprint density at radius 2 is 1.93 bits per heavy atom. The van der Waals surface area contributed by atoms with Gasteiger partial charge in [-0.3, -0.25) is 4.79 Å². The van der Waals surface area contributed by atoms with Crippen molar-refractivity contribution in [3.05, 3.63) is 93.8 Å². The van der Waals surface area contributed by atoms with Gasteiger partial charge < -0.3 is 9.67 Å². The first kappa shape index (κ1) is 18.1. The van der Waals surface area contributed by atoms with Gasteiger partial charge in [-0.1, -0.05) is 18.2 Å². The van der Waals surface area contributed by atoms with Gasteiger partial charge in [-0.15, -0.1) is 0 Å². The third kappa shape index (κ3) is 3.26. The van der Waals surface area contributed by atoms with Crippen LogP contribution in [0, 0.1) is 17.1 Å². The van der Waals surface area contributed by atoms with E-state index in [0.717, 1.165) is 17.3 Å². The molecule has 0 radical (unpaired) electrons. The fraction of sp³-hybridized carbons (Fsp3) is 0.0476. The summed E-state index contributed by atoms with van der Waals surface area (Å²) >= 11 is 0.